The number of benzene rings is 1. The van der Waals surface area contributed by atoms with Gasteiger partial charge in [-0.2, -0.15) is 0 Å². The van der Waals surface area contributed by atoms with Gasteiger partial charge in [0.1, 0.15) is 0 Å². The molecule has 0 spiro atoms. The summed E-state index contributed by atoms with van der Waals surface area (Å²) in [6.07, 6.45) is 1.78. The monoisotopic (exact) mass is 302 g/mol. The minimum Gasteiger partial charge on any atom is -0.356 e. The van der Waals surface area contributed by atoms with Gasteiger partial charge in [-0.15, -0.1) is 0 Å². The van der Waals surface area contributed by atoms with Crippen LogP contribution in [0.2, 0.25) is 0 Å². The van der Waals surface area contributed by atoms with Crippen LogP contribution in [-0.2, 0) is 4.79 Å². The molecule has 0 aliphatic carbocycles. The summed E-state index contributed by atoms with van der Waals surface area (Å²) >= 11 is 0. The van der Waals surface area contributed by atoms with Gasteiger partial charge in [-0.1, -0.05) is 31.2 Å². The van der Waals surface area contributed by atoms with E-state index in [1.165, 1.54) is 17.5 Å². The highest BCUT2D eigenvalue weighted by molar-refractivity contribution is 5.76. The first-order chi connectivity index (χ1) is 10.5. The van der Waals surface area contributed by atoms with Crippen molar-refractivity contribution < 1.29 is 4.79 Å². The van der Waals surface area contributed by atoms with E-state index >= 15 is 0 Å². The highest BCUT2D eigenvalue weighted by atomic mass is 16.1. The number of hydrogen-bond acceptors (Lipinski definition) is 2. The zero-order chi connectivity index (χ0) is 16.1. The first-order valence-electron chi connectivity index (χ1n) is 8.53. The predicted octanol–water partition coefficient (Wildman–Crippen LogP) is 3.34. The van der Waals surface area contributed by atoms with E-state index in [0.717, 1.165) is 19.6 Å². The predicted molar refractivity (Wildman–Crippen MR) is 92.0 cm³/mol. The van der Waals surface area contributed by atoms with Crippen LogP contribution in [0.3, 0.4) is 0 Å². The van der Waals surface area contributed by atoms with Crippen molar-refractivity contribution in [2.24, 2.45) is 5.92 Å². The normalized spacial score (nSPS) is 20.3. The number of carbonyl (C=O) groups excluding carboxylic acids is 1. The Morgan fingerprint density at radius 1 is 1.32 bits per heavy atom. The second-order valence-corrected chi connectivity index (χ2v) is 7.01. The van der Waals surface area contributed by atoms with Gasteiger partial charge in [0.2, 0.25) is 5.91 Å². The fraction of sp³-hybridized carbons (Fsp3) is 0.632. The summed E-state index contributed by atoms with van der Waals surface area (Å²) < 4.78 is 0. The Morgan fingerprint density at radius 2 is 2.05 bits per heavy atom. The third-order valence-corrected chi connectivity index (χ3v) is 4.85. The molecule has 0 aromatic heterocycles. The highest BCUT2D eigenvalue weighted by Crippen LogP contribution is 2.22. The van der Waals surface area contributed by atoms with Gasteiger partial charge in [0.25, 0.3) is 0 Å². The SMILES string of the molecule is Cc1ccccc1[C@@H](C)CC(=O)NC[C@@H]1CCN(C(C)C)C1. The number of likely N-dealkylation sites (tertiary alicyclic amines) is 1. The average molecular weight is 302 g/mol. The fourth-order valence-electron chi connectivity index (χ4n) is 3.36. The summed E-state index contributed by atoms with van der Waals surface area (Å²) in [6.45, 7) is 11.8. The summed E-state index contributed by atoms with van der Waals surface area (Å²) in [4.78, 5) is 14.7. The van der Waals surface area contributed by atoms with Crippen LogP contribution in [0.1, 0.15) is 50.7 Å². The van der Waals surface area contributed by atoms with Gasteiger partial charge in [0.15, 0.2) is 0 Å². The molecule has 3 heteroatoms. The highest BCUT2D eigenvalue weighted by Gasteiger charge is 2.24. The zero-order valence-electron chi connectivity index (χ0n) is 14.4. The zero-order valence-corrected chi connectivity index (χ0v) is 14.4. The van der Waals surface area contributed by atoms with Crippen molar-refractivity contribution >= 4 is 5.91 Å². The van der Waals surface area contributed by atoms with Crippen molar-refractivity contribution in [1.29, 1.82) is 0 Å². The van der Waals surface area contributed by atoms with Crippen molar-refractivity contribution in [3.05, 3.63) is 35.4 Å². The molecule has 1 saturated heterocycles. The molecule has 3 nitrogen and oxygen atoms in total. The number of amides is 1. The van der Waals surface area contributed by atoms with Crippen molar-refractivity contribution in [3.63, 3.8) is 0 Å². The lowest BCUT2D eigenvalue weighted by Gasteiger charge is -2.20. The quantitative estimate of drug-likeness (QED) is 0.874. The Kier molecular flexibility index (Phi) is 6.01. The van der Waals surface area contributed by atoms with Crippen LogP contribution in [0.4, 0.5) is 0 Å². The third-order valence-electron chi connectivity index (χ3n) is 4.85. The summed E-state index contributed by atoms with van der Waals surface area (Å²) in [7, 11) is 0. The van der Waals surface area contributed by atoms with Crippen LogP contribution in [0.5, 0.6) is 0 Å². The summed E-state index contributed by atoms with van der Waals surface area (Å²) in [6, 6.07) is 8.96. The van der Waals surface area contributed by atoms with Crippen LogP contribution in [0, 0.1) is 12.8 Å². The molecule has 0 bridgehead atoms. The summed E-state index contributed by atoms with van der Waals surface area (Å²) in [5, 5.41) is 3.14. The maximum absolute atomic E-state index is 12.2. The number of rotatable bonds is 6. The molecule has 22 heavy (non-hydrogen) atoms. The molecule has 1 aliphatic heterocycles. The first kappa shape index (κ1) is 17.0. The van der Waals surface area contributed by atoms with Crippen LogP contribution < -0.4 is 5.32 Å². The van der Waals surface area contributed by atoms with E-state index in [1.807, 2.05) is 6.07 Å². The van der Waals surface area contributed by atoms with Gasteiger partial charge >= 0.3 is 0 Å². The minimum atomic E-state index is 0.179. The number of nitrogens with one attached hydrogen (secondary N) is 1. The summed E-state index contributed by atoms with van der Waals surface area (Å²) in [5.41, 5.74) is 2.55. The number of carbonyl (C=O) groups is 1. The van der Waals surface area contributed by atoms with E-state index in [2.05, 4.69) is 56.1 Å². The van der Waals surface area contributed by atoms with Gasteiger partial charge in [-0.25, -0.2) is 0 Å². The van der Waals surface area contributed by atoms with Crippen molar-refractivity contribution in [1.82, 2.24) is 10.2 Å². The van der Waals surface area contributed by atoms with E-state index in [0.29, 0.717) is 18.4 Å². The fourth-order valence-corrected chi connectivity index (χ4v) is 3.36. The molecule has 1 aromatic carbocycles. The average Bonchev–Trinajstić information content (AvgIpc) is 2.94. The lowest BCUT2D eigenvalue weighted by molar-refractivity contribution is -0.121. The molecule has 1 amide bonds. The summed E-state index contributed by atoms with van der Waals surface area (Å²) in [5.74, 6) is 1.07. The Balaban J connectivity index is 1.76. The molecule has 0 saturated carbocycles. The van der Waals surface area contributed by atoms with E-state index in [-0.39, 0.29) is 11.8 Å². The Bertz CT molecular complexity index is 498. The molecular formula is C19H30N2O. The van der Waals surface area contributed by atoms with Gasteiger partial charge in [-0.05, 0) is 56.7 Å². The molecule has 2 atom stereocenters. The van der Waals surface area contributed by atoms with E-state index in [9.17, 15) is 4.79 Å². The molecule has 2 rings (SSSR count). The van der Waals surface area contributed by atoms with Crippen molar-refractivity contribution in [2.75, 3.05) is 19.6 Å². The van der Waals surface area contributed by atoms with Gasteiger partial charge < -0.3 is 10.2 Å². The third kappa shape index (κ3) is 4.57. The maximum Gasteiger partial charge on any atom is 0.220 e. The lowest BCUT2D eigenvalue weighted by Crippen LogP contribution is -2.33. The Morgan fingerprint density at radius 3 is 2.68 bits per heavy atom. The molecule has 0 unspecified atom stereocenters. The molecular weight excluding hydrogens is 272 g/mol. The standard InChI is InChI=1S/C19H30N2O/c1-14(2)21-10-9-17(13-21)12-20-19(22)11-16(4)18-8-6-5-7-15(18)3/h5-8,14,16-17H,9-13H2,1-4H3,(H,20,22)/t16-,17-/m0/s1. The molecule has 122 valence electrons. The van der Waals surface area contributed by atoms with Crippen LogP contribution in [0.25, 0.3) is 0 Å². The van der Waals surface area contributed by atoms with Gasteiger partial charge in [0.05, 0.1) is 0 Å². The minimum absolute atomic E-state index is 0.179. The smallest absolute Gasteiger partial charge is 0.220 e. The van der Waals surface area contributed by atoms with Crippen LogP contribution >= 0.6 is 0 Å². The van der Waals surface area contributed by atoms with E-state index in [1.54, 1.807) is 0 Å². The Labute approximate surface area is 135 Å². The lowest BCUT2D eigenvalue weighted by atomic mass is 9.93. The maximum atomic E-state index is 12.2. The van der Waals surface area contributed by atoms with Crippen LogP contribution in [0.15, 0.2) is 24.3 Å². The first-order valence-corrected chi connectivity index (χ1v) is 8.53. The largest absolute Gasteiger partial charge is 0.356 e. The molecule has 0 radical (unpaired) electrons. The second kappa shape index (κ2) is 7.77. The molecule has 1 N–H and O–H groups in total. The number of aryl methyl sites for hydroxylation is 1. The Hall–Kier alpha value is -1.35. The van der Waals surface area contributed by atoms with Crippen molar-refractivity contribution in [2.45, 2.75) is 52.5 Å². The van der Waals surface area contributed by atoms with E-state index in [4.69, 9.17) is 0 Å². The molecule has 1 heterocycles. The molecule has 1 fully saturated rings. The number of hydrogen-bond donors (Lipinski definition) is 1. The molecule has 1 aromatic rings. The van der Waals surface area contributed by atoms with Crippen LogP contribution in [-0.4, -0.2) is 36.5 Å². The van der Waals surface area contributed by atoms with E-state index < -0.39 is 0 Å². The van der Waals surface area contributed by atoms with Crippen molar-refractivity contribution in [3.8, 4) is 0 Å². The topological polar surface area (TPSA) is 32.3 Å². The van der Waals surface area contributed by atoms with Gasteiger partial charge in [-0.3, -0.25) is 4.79 Å². The van der Waals surface area contributed by atoms with Gasteiger partial charge in [0, 0.05) is 25.6 Å². The second-order valence-electron chi connectivity index (χ2n) is 7.01. The molecule has 1 aliphatic rings. The number of nitrogens with zero attached hydrogens (tertiary/aromatic N) is 1.